The van der Waals surface area contributed by atoms with Gasteiger partial charge in [0.05, 0.1) is 11.5 Å². The van der Waals surface area contributed by atoms with E-state index < -0.39 is 4.92 Å². The van der Waals surface area contributed by atoms with E-state index in [1.165, 1.54) is 24.3 Å². The topological polar surface area (TPSA) is 102 Å². The second-order valence-corrected chi connectivity index (χ2v) is 4.53. The van der Waals surface area contributed by atoms with Gasteiger partial charge in [0, 0.05) is 36.3 Å². The number of non-ortho nitro benzene ring substituents is 1. The molecule has 0 aliphatic rings. The summed E-state index contributed by atoms with van der Waals surface area (Å²) in [5.41, 5.74) is 0.470. The molecule has 0 bridgehead atoms. The van der Waals surface area contributed by atoms with Gasteiger partial charge in [0.2, 0.25) is 0 Å². The number of aromatic nitrogens is 2. The SMILES string of the molecule is CC(Cn1cccn1)NC(=O)Nc1ccc([N+](=O)[O-])cc1. The van der Waals surface area contributed by atoms with Gasteiger partial charge in [0.1, 0.15) is 0 Å². The van der Waals surface area contributed by atoms with Crippen molar-refractivity contribution in [2.75, 3.05) is 5.32 Å². The number of benzene rings is 1. The molecule has 1 unspecified atom stereocenters. The molecule has 2 aromatic rings. The average molecular weight is 289 g/mol. The molecule has 1 aromatic heterocycles. The minimum Gasteiger partial charge on any atom is -0.334 e. The zero-order chi connectivity index (χ0) is 15.2. The van der Waals surface area contributed by atoms with E-state index in [0.29, 0.717) is 12.2 Å². The van der Waals surface area contributed by atoms with E-state index in [1.807, 2.05) is 19.2 Å². The summed E-state index contributed by atoms with van der Waals surface area (Å²) in [5, 5.41) is 20.0. The molecule has 1 aromatic carbocycles. The van der Waals surface area contributed by atoms with Gasteiger partial charge in [-0.1, -0.05) is 0 Å². The molecule has 110 valence electrons. The molecule has 0 saturated heterocycles. The molecule has 0 aliphatic heterocycles. The number of rotatable bonds is 5. The summed E-state index contributed by atoms with van der Waals surface area (Å²) in [6, 6.07) is 6.97. The van der Waals surface area contributed by atoms with Gasteiger partial charge in [0.25, 0.3) is 5.69 Å². The Morgan fingerprint density at radius 1 is 1.43 bits per heavy atom. The number of nitrogens with one attached hydrogen (secondary N) is 2. The molecular formula is C13H15N5O3. The zero-order valence-corrected chi connectivity index (χ0v) is 11.4. The number of carbonyl (C=O) groups is 1. The predicted molar refractivity (Wildman–Crippen MR) is 76.9 cm³/mol. The van der Waals surface area contributed by atoms with E-state index >= 15 is 0 Å². The Labute approximate surface area is 120 Å². The molecule has 0 aliphatic carbocycles. The number of amides is 2. The van der Waals surface area contributed by atoms with E-state index in [0.717, 1.165) is 0 Å². The summed E-state index contributed by atoms with van der Waals surface area (Å²) < 4.78 is 1.72. The standard InChI is InChI=1S/C13H15N5O3/c1-10(9-17-8-2-7-14-17)15-13(19)16-11-3-5-12(6-4-11)18(20)21/h2-8,10H,9H2,1H3,(H2,15,16,19). The maximum Gasteiger partial charge on any atom is 0.319 e. The normalized spacial score (nSPS) is 11.7. The summed E-state index contributed by atoms with van der Waals surface area (Å²) in [5.74, 6) is 0. The molecule has 2 N–H and O–H groups in total. The van der Waals surface area contributed by atoms with Crippen molar-refractivity contribution in [1.29, 1.82) is 0 Å². The molecule has 0 saturated carbocycles. The van der Waals surface area contributed by atoms with Gasteiger partial charge in [-0.25, -0.2) is 4.79 Å². The molecule has 1 heterocycles. The van der Waals surface area contributed by atoms with Crippen molar-refractivity contribution in [3.63, 3.8) is 0 Å². The lowest BCUT2D eigenvalue weighted by atomic mass is 10.3. The number of nitrogens with zero attached hydrogens (tertiary/aromatic N) is 3. The van der Waals surface area contributed by atoms with Crippen LogP contribution in [0.5, 0.6) is 0 Å². The monoisotopic (exact) mass is 289 g/mol. The third kappa shape index (κ3) is 4.30. The minimum absolute atomic E-state index is 0.0204. The van der Waals surface area contributed by atoms with Crippen molar-refractivity contribution >= 4 is 17.4 Å². The van der Waals surface area contributed by atoms with E-state index in [-0.39, 0.29) is 17.8 Å². The van der Waals surface area contributed by atoms with Crippen molar-refractivity contribution in [3.8, 4) is 0 Å². The Morgan fingerprint density at radius 2 is 2.14 bits per heavy atom. The molecule has 21 heavy (non-hydrogen) atoms. The maximum absolute atomic E-state index is 11.8. The second kappa shape index (κ2) is 6.51. The Balaban J connectivity index is 1.84. The quantitative estimate of drug-likeness (QED) is 0.649. The molecule has 0 spiro atoms. The van der Waals surface area contributed by atoms with Gasteiger partial charge < -0.3 is 10.6 Å². The van der Waals surface area contributed by atoms with Crippen LogP contribution in [0.15, 0.2) is 42.7 Å². The first kappa shape index (κ1) is 14.5. The van der Waals surface area contributed by atoms with Crippen molar-refractivity contribution in [2.24, 2.45) is 0 Å². The lowest BCUT2D eigenvalue weighted by molar-refractivity contribution is -0.384. The highest BCUT2D eigenvalue weighted by Crippen LogP contribution is 2.15. The van der Waals surface area contributed by atoms with Gasteiger partial charge in [-0.3, -0.25) is 14.8 Å². The van der Waals surface area contributed by atoms with Crippen LogP contribution < -0.4 is 10.6 Å². The predicted octanol–water partition coefficient (Wildman–Crippen LogP) is 2.00. The Morgan fingerprint density at radius 3 is 2.71 bits per heavy atom. The maximum atomic E-state index is 11.8. The van der Waals surface area contributed by atoms with Crippen LogP contribution in [0.1, 0.15) is 6.92 Å². The van der Waals surface area contributed by atoms with Crippen LogP contribution >= 0.6 is 0 Å². The molecule has 8 heteroatoms. The first-order valence-electron chi connectivity index (χ1n) is 6.34. The lowest BCUT2D eigenvalue weighted by Gasteiger charge is -2.14. The van der Waals surface area contributed by atoms with Gasteiger partial charge in [-0.05, 0) is 25.1 Å². The number of hydrogen-bond donors (Lipinski definition) is 2. The Kier molecular flexibility index (Phi) is 4.50. The number of urea groups is 1. The fourth-order valence-corrected chi connectivity index (χ4v) is 1.79. The van der Waals surface area contributed by atoms with Crippen LogP contribution in [0.25, 0.3) is 0 Å². The largest absolute Gasteiger partial charge is 0.334 e. The van der Waals surface area contributed by atoms with E-state index in [1.54, 1.807) is 10.9 Å². The third-order valence-electron chi connectivity index (χ3n) is 2.73. The van der Waals surface area contributed by atoms with Gasteiger partial charge >= 0.3 is 6.03 Å². The summed E-state index contributed by atoms with van der Waals surface area (Å²) in [6.07, 6.45) is 3.48. The summed E-state index contributed by atoms with van der Waals surface area (Å²) in [4.78, 5) is 21.8. The molecule has 2 amide bonds. The minimum atomic E-state index is -0.490. The smallest absolute Gasteiger partial charge is 0.319 e. The number of hydrogen-bond acceptors (Lipinski definition) is 4. The van der Waals surface area contributed by atoms with Crippen LogP contribution in [0.4, 0.5) is 16.2 Å². The fourth-order valence-electron chi connectivity index (χ4n) is 1.79. The van der Waals surface area contributed by atoms with Crippen molar-refractivity contribution < 1.29 is 9.72 Å². The number of carbonyl (C=O) groups excluding carboxylic acids is 1. The van der Waals surface area contributed by atoms with Crippen LogP contribution in [-0.4, -0.2) is 26.8 Å². The molecule has 1 atom stereocenters. The van der Waals surface area contributed by atoms with Crippen LogP contribution in [0, 0.1) is 10.1 Å². The number of nitro groups is 1. The lowest BCUT2D eigenvalue weighted by Crippen LogP contribution is -2.38. The number of anilines is 1. The van der Waals surface area contributed by atoms with Crippen LogP contribution in [-0.2, 0) is 6.54 Å². The van der Waals surface area contributed by atoms with Crippen LogP contribution in [0.2, 0.25) is 0 Å². The van der Waals surface area contributed by atoms with Gasteiger partial charge in [-0.15, -0.1) is 0 Å². The van der Waals surface area contributed by atoms with E-state index in [9.17, 15) is 14.9 Å². The highest BCUT2D eigenvalue weighted by Gasteiger charge is 2.09. The highest BCUT2D eigenvalue weighted by atomic mass is 16.6. The Hall–Kier alpha value is -2.90. The molecule has 0 radical (unpaired) electrons. The highest BCUT2D eigenvalue weighted by molar-refractivity contribution is 5.89. The molecule has 0 fully saturated rings. The summed E-state index contributed by atoms with van der Waals surface area (Å²) in [7, 11) is 0. The zero-order valence-electron chi connectivity index (χ0n) is 11.4. The van der Waals surface area contributed by atoms with E-state index in [2.05, 4.69) is 15.7 Å². The van der Waals surface area contributed by atoms with Crippen molar-refractivity contribution in [2.45, 2.75) is 19.5 Å². The third-order valence-corrected chi connectivity index (χ3v) is 2.73. The van der Waals surface area contributed by atoms with Crippen molar-refractivity contribution in [1.82, 2.24) is 15.1 Å². The van der Waals surface area contributed by atoms with Crippen molar-refractivity contribution in [3.05, 3.63) is 52.8 Å². The van der Waals surface area contributed by atoms with Crippen LogP contribution in [0.3, 0.4) is 0 Å². The average Bonchev–Trinajstić information content (AvgIpc) is 2.91. The van der Waals surface area contributed by atoms with Gasteiger partial charge in [-0.2, -0.15) is 5.10 Å². The van der Waals surface area contributed by atoms with E-state index in [4.69, 9.17) is 0 Å². The first-order valence-corrected chi connectivity index (χ1v) is 6.34. The molecule has 8 nitrogen and oxygen atoms in total. The fraction of sp³-hybridized carbons (Fsp3) is 0.231. The molecule has 2 rings (SSSR count). The molecular weight excluding hydrogens is 274 g/mol. The number of nitro benzene ring substituents is 1. The first-order chi connectivity index (χ1) is 10.0. The van der Waals surface area contributed by atoms with Gasteiger partial charge in [0.15, 0.2) is 0 Å². The summed E-state index contributed by atoms with van der Waals surface area (Å²) >= 11 is 0. The Bertz CT molecular complexity index is 609. The summed E-state index contributed by atoms with van der Waals surface area (Å²) in [6.45, 7) is 2.41. The second-order valence-electron chi connectivity index (χ2n) is 4.53.